The number of aryl methyl sites for hydroxylation is 1. The maximum absolute atomic E-state index is 12.4. The third-order valence-corrected chi connectivity index (χ3v) is 4.50. The first-order chi connectivity index (χ1) is 11.9. The van der Waals surface area contributed by atoms with Crippen molar-refractivity contribution in [3.05, 3.63) is 29.8 Å². The van der Waals surface area contributed by atoms with Gasteiger partial charge in [-0.3, -0.25) is 9.69 Å². The van der Waals surface area contributed by atoms with Crippen LogP contribution in [0, 0.1) is 5.92 Å². The Balaban J connectivity index is 1.62. The number of nitrogens with zero attached hydrogens (tertiary/aromatic N) is 1. The summed E-state index contributed by atoms with van der Waals surface area (Å²) in [5, 5.41) is 2.90. The van der Waals surface area contributed by atoms with Crippen LogP contribution < -0.4 is 10.1 Å². The minimum Gasteiger partial charge on any atom is -0.497 e. The minimum atomic E-state index is -4.14. The van der Waals surface area contributed by atoms with Crippen LogP contribution in [0.2, 0.25) is 0 Å². The second kappa shape index (κ2) is 9.08. The second-order valence-corrected chi connectivity index (χ2v) is 6.49. The van der Waals surface area contributed by atoms with Gasteiger partial charge in [-0.25, -0.2) is 0 Å². The molecule has 0 atom stereocenters. The summed E-state index contributed by atoms with van der Waals surface area (Å²) in [6, 6.07) is 7.59. The maximum atomic E-state index is 12.4. The van der Waals surface area contributed by atoms with Crippen LogP contribution >= 0.6 is 0 Å². The van der Waals surface area contributed by atoms with Crippen LogP contribution in [0.4, 0.5) is 13.2 Å². The van der Waals surface area contributed by atoms with Crippen LogP contribution in [0.25, 0.3) is 0 Å². The molecule has 7 heteroatoms. The molecular formula is C18H25F3N2O2. The molecule has 0 aromatic heterocycles. The highest BCUT2D eigenvalue weighted by atomic mass is 19.4. The number of methoxy groups -OCH3 is 1. The first kappa shape index (κ1) is 19.6. The summed E-state index contributed by atoms with van der Waals surface area (Å²) < 4.78 is 42.1. The molecule has 25 heavy (non-hydrogen) atoms. The normalized spacial score (nSPS) is 16.6. The molecule has 4 nitrogen and oxygen atoms in total. The van der Waals surface area contributed by atoms with Crippen LogP contribution in [0.3, 0.4) is 0 Å². The fourth-order valence-corrected chi connectivity index (χ4v) is 3.00. The van der Waals surface area contributed by atoms with E-state index in [0.29, 0.717) is 45.3 Å². The molecule has 1 heterocycles. The third kappa shape index (κ3) is 7.34. The molecule has 0 bridgehead atoms. The molecule has 0 unspecified atom stereocenters. The first-order valence-corrected chi connectivity index (χ1v) is 8.54. The summed E-state index contributed by atoms with van der Waals surface area (Å²) in [4.78, 5) is 13.4. The van der Waals surface area contributed by atoms with Crippen molar-refractivity contribution < 1.29 is 22.7 Å². The van der Waals surface area contributed by atoms with Crippen molar-refractivity contribution in [1.82, 2.24) is 10.2 Å². The molecule has 0 saturated carbocycles. The van der Waals surface area contributed by atoms with Crippen molar-refractivity contribution >= 4 is 5.91 Å². The minimum absolute atomic E-state index is 0.0199. The number of rotatable bonds is 7. The third-order valence-electron chi connectivity index (χ3n) is 4.50. The number of halogens is 3. The van der Waals surface area contributed by atoms with Gasteiger partial charge in [0.1, 0.15) is 5.75 Å². The fourth-order valence-electron chi connectivity index (χ4n) is 3.00. The average Bonchev–Trinajstić information content (AvgIpc) is 2.58. The van der Waals surface area contributed by atoms with Gasteiger partial charge in [0.05, 0.1) is 13.7 Å². The highest BCUT2D eigenvalue weighted by Gasteiger charge is 2.32. The van der Waals surface area contributed by atoms with E-state index >= 15 is 0 Å². The van der Waals surface area contributed by atoms with Crippen LogP contribution in [-0.2, 0) is 11.2 Å². The Hall–Kier alpha value is -1.76. The van der Waals surface area contributed by atoms with E-state index in [1.165, 1.54) is 4.90 Å². The predicted molar refractivity (Wildman–Crippen MR) is 89.5 cm³/mol. The molecule has 0 spiro atoms. The monoisotopic (exact) mass is 358 g/mol. The summed E-state index contributed by atoms with van der Waals surface area (Å²) in [6.07, 6.45) is -1.70. The number of nitrogens with one attached hydrogen (secondary N) is 1. The summed E-state index contributed by atoms with van der Waals surface area (Å²) >= 11 is 0. The number of amides is 1. The largest absolute Gasteiger partial charge is 0.497 e. The molecule has 1 saturated heterocycles. The van der Waals surface area contributed by atoms with Crippen LogP contribution in [0.5, 0.6) is 5.75 Å². The number of carbonyl (C=O) groups excluding carboxylic acids is 1. The van der Waals surface area contributed by atoms with Crippen molar-refractivity contribution in [3.63, 3.8) is 0 Å². The first-order valence-electron chi connectivity index (χ1n) is 8.54. The number of ether oxygens (including phenoxy) is 1. The standard InChI is InChI=1S/C18H25F3N2O2/c1-25-16-5-2-14(3-6-16)4-7-17(24)22-12-15-8-10-23(11-9-15)13-18(19,20)21/h2-3,5-6,15H,4,7-13H2,1H3,(H,22,24). The lowest BCUT2D eigenvalue weighted by atomic mass is 9.96. The van der Waals surface area contributed by atoms with Crippen molar-refractivity contribution in [2.45, 2.75) is 31.9 Å². The zero-order chi connectivity index (χ0) is 18.3. The average molecular weight is 358 g/mol. The zero-order valence-electron chi connectivity index (χ0n) is 14.4. The number of hydrogen-bond acceptors (Lipinski definition) is 3. The van der Waals surface area contributed by atoms with Gasteiger partial charge < -0.3 is 10.1 Å². The molecular weight excluding hydrogens is 333 g/mol. The van der Waals surface area contributed by atoms with Gasteiger partial charge in [-0.1, -0.05) is 12.1 Å². The van der Waals surface area contributed by atoms with Gasteiger partial charge >= 0.3 is 6.18 Å². The molecule has 1 aromatic carbocycles. The highest BCUT2D eigenvalue weighted by Crippen LogP contribution is 2.22. The smallest absolute Gasteiger partial charge is 0.401 e. The Morgan fingerprint density at radius 1 is 1.24 bits per heavy atom. The molecule has 1 aliphatic rings. The Morgan fingerprint density at radius 3 is 2.44 bits per heavy atom. The van der Waals surface area contributed by atoms with E-state index in [0.717, 1.165) is 11.3 Å². The van der Waals surface area contributed by atoms with Gasteiger partial charge in [0, 0.05) is 13.0 Å². The molecule has 1 fully saturated rings. The summed E-state index contributed by atoms with van der Waals surface area (Å²) in [7, 11) is 1.61. The van der Waals surface area contributed by atoms with Crippen molar-refractivity contribution in [1.29, 1.82) is 0 Å². The van der Waals surface area contributed by atoms with E-state index in [1.54, 1.807) is 7.11 Å². The zero-order valence-corrected chi connectivity index (χ0v) is 14.4. The van der Waals surface area contributed by atoms with Crippen LogP contribution in [0.15, 0.2) is 24.3 Å². The molecule has 140 valence electrons. The van der Waals surface area contributed by atoms with Gasteiger partial charge in [0.25, 0.3) is 0 Å². The number of carbonyl (C=O) groups is 1. The van der Waals surface area contributed by atoms with Gasteiger partial charge in [-0.15, -0.1) is 0 Å². The Morgan fingerprint density at radius 2 is 1.88 bits per heavy atom. The van der Waals surface area contributed by atoms with E-state index in [1.807, 2.05) is 24.3 Å². The topological polar surface area (TPSA) is 41.6 Å². The van der Waals surface area contributed by atoms with E-state index in [4.69, 9.17) is 4.74 Å². The molecule has 1 amide bonds. The summed E-state index contributed by atoms with van der Waals surface area (Å²) in [6.45, 7) is 0.576. The van der Waals surface area contributed by atoms with E-state index < -0.39 is 12.7 Å². The molecule has 1 N–H and O–H groups in total. The van der Waals surface area contributed by atoms with Crippen LogP contribution in [-0.4, -0.2) is 50.3 Å². The number of benzene rings is 1. The molecule has 1 aromatic rings. The van der Waals surface area contributed by atoms with Gasteiger partial charge in [-0.2, -0.15) is 13.2 Å². The van der Waals surface area contributed by atoms with Gasteiger partial charge in [0.2, 0.25) is 5.91 Å². The Bertz CT molecular complexity index is 538. The summed E-state index contributed by atoms with van der Waals surface area (Å²) in [5.41, 5.74) is 1.07. The molecule has 0 aliphatic carbocycles. The molecule has 2 rings (SSSR count). The van der Waals surface area contributed by atoms with Crippen molar-refractivity contribution in [2.75, 3.05) is 33.3 Å². The predicted octanol–water partition coefficient (Wildman–Crippen LogP) is 3.02. The Kier molecular flexibility index (Phi) is 7.11. The van der Waals surface area contributed by atoms with Crippen molar-refractivity contribution in [3.8, 4) is 5.75 Å². The maximum Gasteiger partial charge on any atom is 0.401 e. The van der Waals surface area contributed by atoms with E-state index in [-0.39, 0.29) is 11.8 Å². The van der Waals surface area contributed by atoms with Crippen LogP contribution in [0.1, 0.15) is 24.8 Å². The highest BCUT2D eigenvalue weighted by molar-refractivity contribution is 5.76. The fraction of sp³-hybridized carbons (Fsp3) is 0.611. The second-order valence-electron chi connectivity index (χ2n) is 6.49. The SMILES string of the molecule is COc1ccc(CCC(=O)NCC2CCN(CC(F)(F)F)CC2)cc1. The molecule has 1 aliphatic heterocycles. The molecule has 0 radical (unpaired) electrons. The summed E-state index contributed by atoms with van der Waals surface area (Å²) in [5.74, 6) is 1.02. The lowest BCUT2D eigenvalue weighted by Crippen LogP contribution is -2.42. The van der Waals surface area contributed by atoms with E-state index in [2.05, 4.69) is 5.32 Å². The number of alkyl halides is 3. The van der Waals surface area contributed by atoms with Gasteiger partial charge in [-0.05, 0) is 56.0 Å². The number of piperidine rings is 1. The Labute approximate surface area is 146 Å². The number of likely N-dealkylation sites (tertiary alicyclic amines) is 1. The van der Waals surface area contributed by atoms with E-state index in [9.17, 15) is 18.0 Å². The van der Waals surface area contributed by atoms with Crippen molar-refractivity contribution in [2.24, 2.45) is 5.92 Å². The van der Waals surface area contributed by atoms with Gasteiger partial charge in [0.15, 0.2) is 0 Å². The quantitative estimate of drug-likeness (QED) is 0.815. The lowest BCUT2D eigenvalue weighted by Gasteiger charge is -2.32. The number of hydrogen-bond donors (Lipinski definition) is 1. The lowest BCUT2D eigenvalue weighted by molar-refractivity contribution is -0.148.